The predicted molar refractivity (Wildman–Crippen MR) is 111 cm³/mol. The van der Waals surface area contributed by atoms with E-state index in [9.17, 15) is 5.11 Å². The van der Waals surface area contributed by atoms with E-state index in [0.29, 0.717) is 25.3 Å². The number of nitrogens with one attached hydrogen (secondary N) is 2. The number of hydrogen-bond acceptors (Lipinski definition) is 4. The van der Waals surface area contributed by atoms with Gasteiger partial charge in [-0.15, -0.1) is 24.0 Å². The highest BCUT2D eigenvalue weighted by Gasteiger charge is 2.29. The first kappa shape index (κ1) is 21.8. The second-order valence-corrected chi connectivity index (χ2v) is 6.27. The molecule has 25 heavy (non-hydrogen) atoms. The van der Waals surface area contributed by atoms with E-state index in [1.807, 2.05) is 19.1 Å². The standard InChI is InChI=1S/C18H29N3O3.HI/c1-4-19-17(21-13-18(2)9-5-11-24-18)20-10-8-14-6-7-15(23-3)12-16(14)22;/h6-7,12,22H,4-5,8-11,13H2,1-3H3,(H2,19,20,21);1H. The van der Waals surface area contributed by atoms with Crippen LogP contribution < -0.4 is 15.4 Å². The number of phenols is 1. The molecule has 0 aliphatic carbocycles. The van der Waals surface area contributed by atoms with Crippen molar-refractivity contribution in [3.05, 3.63) is 23.8 Å². The highest BCUT2D eigenvalue weighted by atomic mass is 127. The van der Waals surface area contributed by atoms with Crippen molar-refractivity contribution in [2.24, 2.45) is 4.99 Å². The molecule has 1 aromatic carbocycles. The van der Waals surface area contributed by atoms with E-state index in [1.165, 1.54) is 0 Å². The monoisotopic (exact) mass is 463 g/mol. The van der Waals surface area contributed by atoms with Crippen molar-refractivity contribution < 1.29 is 14.6 Å². The molecule has 7 heteroatoms. The van der Waals surface area contributed by atoms with Crippen LogP contribution in [0.25, 0.3) is 0 Å². The summed E-state index contributed by atoms with van der Waals surface area (Å²) >= 11 is 0. The van der Waals surface area contributed by atoms with Gasteiger partial charge in [-0.3, -0.25) is 4.99 Å². The summed E-state index contributed by atoms with van der Waals surface area (Å²) in [6.07, 6.45) is 2.86. The largest absolute Gasteiger partial charge is 0.508 e. The van der Waals surface area contributed by atoms with Crippen molar-refractivity contribution in [3.8, 4) is 11.5 Å². The number of methoxy groups -OCH3 is 1. The SMILES string of the molecule is CCNC(=NCC1(C)CCCO1)NCCc1ccc(OC)cc1O.I. The molecule has 3 N–H and O–H groups in total. The van der Waals surface area contributed by atoms with Crippen LogP contribution >= 0.6 is 24.0 Å². The Morgan fingerprint density at radius 2 is 2.20 bits per heavy atom. The van der Waals surface area contributed by atoms with Gasteiger partial charge in [0.15, 0.2) is 5.96 Å². The van der Waals surface area contributed by atoms with Gasteiger partial charge in [0, 0.05) is 25.8 Å². The Kier molecular flexibility index (Phi) is 9.34. The Bertz CT molecular complexity index is 560. The molecule has 0 radical (unpaired) electrons. The lowest BCUT2D eigenvalue weighted by Crippen LogP contribution is -2.40. The van der Waals surface area contributed by atoms with Crippen LogP contribution in [0.4, 0.5) is 0 Å². The second-order valence-electron chi connectivity index (χ2n) is 6.27. The molecule has 1 atom stereocenters. The van der Waals surface area contributed by atoms with Crippen molar-refractivity contribution in [1.29, 1.82) is 0 Å². The highest BCUT2D eigenvalue weighted by Crippen LogP contribution is 2.25. The fraction of sp³-hybridized carbons (Fsp3) is 0.611. The number of rotatable bonds is 7. The maximum absolute atomic E-state index is 10.0. The third kappa shape index (κ3) is 6.89. The summed E-state index contributed by atoms with van der Waals surface area (Å²) in [7, 11) is 1.59. The maximum Gasteiger partial charge on any atom is 0.191 e. The zero-order valence-electron chi connectivity index (χ0n) is 15.3. The van der Waals surface area contributed by atoms with Crippen molar-refractivity contribution >= 4 is 29.9 Å². The van der Waals surface area contributed by atoms with Gasteiger partial charge in [0.05, 0.1) is 19.3 Å². The fourth-order valence-corrected chi connectivity index (χ4v) is 2.75. The van der Waals surface area contributed by atoms with Crippen molar-refractivity contribution in [3.63, 3.8) is 0 Å². The molecular formula is C18H30IN3O3. The minimum absolute atomic E-state index is 0. The average molecular weight is 463 g/mol. The number of benzene rings is 1. The van der Waals surface area contributed by atoms with Crippen LogP contribution in [0.2, 0.25) is 0 Å². The molecule has 0 amide bonds. The Morgan fingerprint density at radius 1 is 1.40 bits per heavy atom. The zero-order valence-corrected chi connectivity index (χ0v) is 17.6. The molecule has 0 aromatic heterocycles. The van der Waals surface area contributed by atoms with E-state index in [2.05, 4.69) is 22.5 Å². The molecule has 0 bridgehead atoms. The number of phenolic OH excluding ortho intramolecular Hbond substituents is 1. The highest BCUT2D eigenvalue weighted by molar-refractivity contribution is 14.0. The van der Waals surface area contributed by atoms with Gasteiger partial charge in [-0.05, 0) is 44.7 Å². The lowest BCUT2D eigenvalue weighted by Gasteiger charge is -2.21. The predicted octanol–water partition coefficient (Wildman–Crippen LogP) is 2.69. The van der Waals surface area contributed by atoms with Crippen molar-refractivity contribution in [2.45, 2.75) is 38.7 Å². The number of aromatic hydroxyl groups is 1. The van der Waals surface area contributed by atoms with Gasteiger partial charge in [0.2, 0.25) is 0 Å². The van der Waals surface area contributed by atoms with Crippen LogP contribution in [-0.2, 0) is 11.2 Å². The summed E-state index contributed by atoms with van der Waals surface area (Å²) < 4.78 is 10.9. The summed E-state index contributed by atoms with van der Waals surface area (Å²) in [6.45, 7) is 7.12. The average Bonchev–Trinajstić information content (AvgIpc) is 3.01. The van der Waals surface area contributed by atoms with Crippen LogP contribution in [0.1, 0.15) is 32.3 Å². The molecule has 1 aliphatic heterocycles. The lowest BCUT2D eigenvalue weighted by atomic mass is 10.0. The molecule has 1 fully saturated rings. The van der Waals surface area contributed by atoms with E-state index in [1.54, 1.807) is 13.2 Å². The molecule has 0 spiro atoms. The number of guanidine groups is 1. The number of hydrogen-bond donors (Lipinski definition) is 3. The topological polar surface area (TPSA) is 75.1 Å². The molecule has 1 unspecified atom stereocenters. The Hall–Kier alpha value is -1.22. The molecule has 2 rings (SSSR count). The van der Waals surface area contributed by atoms with Crippen LogP contribution in [0.15, 0.2) is 23.2 Å². The molecular weight excluding hydrogens is 433 g/mol. The number of halogens is 1. The molecule has 142 valence electrons. The molecule has 1 aliphatic rings. The molecule has 1 saturated heterocycles. The van der Waals surface area contributed by atoms with Crippen molar-refractivity contribution in [2.75, 3.05) is 33.4 Å². The molecule has 1 aromatic rings. The van der Waals surface area contributed by atoms with Gasteiger partial charge < -0.3 is 25.2 Å². The second kappa shape index (κ2) is 10.7. The molecule has 6 nitrogen and oxygen atoms in total. The Morgan fingerprint density at radius 3 is 2.80 bits per heavy atom. The first-order valence-electron chi connectivity index (χ1n) is 8.58. The number of nitrogens with zero attached hydrogens (tertiary/aromatic N) is 1. The van der Waals surface area contributed by atoms with E-state index in [0.717, 1.165) is 37.5 Å². The van der Waals surface area contributed by atoms with E-state index < -0.39 is 0 Å². The zero-order chi connectivity index (χ0) is 17.4. The van der Waals surface area contributed by atoms with Crippen molar-refractivity contribution in [1.82, 2.24) is 10.6 Å². The molecule has 1 heterocycles. The van der Waals surface area contributed by atoms with Gasteiger partial charge >= 0.3 is 0 Å². The minimum Gasteiger partial charge on any atom is -0.508 e. The number of ether oxygens (including phenoxy) is 2. The minimum atomic E-state index is -0.142. The van der Waals surface area contributed by atoms with Gasteiger partial charge in [-0.25, -0.2) is 0 Å². The number of aliphatic imine (C=N–C) groups is 1. The first-order valence-corrected chi connectivity index (χ1v) is 8.58. The normalized spacial score (nSPS) is 20.0. The smallest absolute Gasteiger partial charge is 0.191 e. The Labute approximate surface area is 167 Å². The first-order chi connectivity index (χ1) is 11.6. The third-order valence-corrected chi connectivity index (χ3v) is 4.20. The summed E-state index contributed by atoms with van der Waals surface area (Å²) in [5, 5.41) is 16.6. The van der Waals surface area contributed by atoms with Gasteiger partial charge in [0.25, 0.3) is 0 Å². The fourth-order valence-electron chi connectivity index (χ4n) is 2.75. The van der Waals surface area contributed by atoms with Crippen LogP contribution in [0.3, 0.4) is 0 Å². The summed E-state index contributed by atoms with van der Waals surface area (Å²) in [4.78, 5) is 4.64. The maximum atomic E-state index is 10.0. The lowest BCUT2D eigenvalue weighted by molar-refractivity contribution is 0.0283. The summed E-state index contributed by atoms with van der Waals surface area (Å²) in [6, 6.07) is 5.37. The summed E-state index contributed by atoms with van der Waals surface area (Å²) in [5.41, 5.74) is 0.738. The van der Waals surface area contributed by atoms with E-state index in [-0.39, 0.29) is 35.3 Å². The van der Waals surface area contributed by atoms with Gasteiger partial charge in [0.1, 0.15) is 11.5 Å². The molecule has 0 saturated carbocycles. The quantitative estimate of drug-likeness (QED) is 0.330. The van der Waals surface area contributed by atoms with E-state index in [4.69, 9.17) is 9.47 Å². The van der Waals surface area contributed by atoms with Crippen LogP contribution in [0, 0.1) is 0 Å². The van der Waals surface area contributed by atoms with Crippen LogP contribution in [-0.4, -0.2) is 50.0 Å². The van der Waals surface area contributed by atoms with Crippen LogP contribution in [0.5, 0.6) is 11.5 Å². The van der Waals surface area contributed by atoms with Gasteiger partial charge in [-0.2, -0.15) is 0 Å². The summed E-state index contributed by atoms with van der Waals surface area (Å²) in [5.74, 6) is 1.69. The van der Waals surface area contributed by atoms with Gasteiger partial charge in [-0.1, -0.05) is 6.07 Å². The van der Waals surface area contributed by atoms with E-state index >= 15 is 0 Å². The Balaban J connectivity index is 0.00000312. The third-order valence-electron chi connectivity index (χ3n) is 4.20.